The van der Waals surface area contributed by atoms with Gasteiger partial charge in [-0.1, -0.05) is 30.3 Å². The Morgan fingerprint density at radius 3 is 2.62 bits per heavy atom. The molecule has 0 radical (unpaired) electrons. The summed E-state index contributed by atoms with van der Waals surface area (Å²) in [5, 5.41) is 2.09. The lowest BCUT2D eigenvalue weighted by Gasteiger charge is -2.11. The minimum Gasteiger partial charge on any atom is -0.298 e. The Labute approximate surface area is 81.8 Å². The van der Waals surface area contributed by atoms with Crippen molar-refractivity contribution >= 4 is 23.1 Å². The van der Waals surface area contributed by atoms with Crippen LogP contribution in [-0.4, -0.2) is 11.5 Å². The van der Waals surface area contributed by atoms with E-state index in [4.69, 9.17) is 0 Å². The van der Waals surface area contributed by atoms with Gasteiger partial charge in [0.25, 0.3) is 0 Å². The number of hydrogen-bond acceptors (Lipinski definition) is 2. The van der Waals surface area contributed by atoms with Crippen molar-refractivity contribution in [3.05, 3.63) is 41.3 Å². The summed E-state index contributed by atoms with van der Waals surface area (Å²) in [7, 11) is 0. The fraction of sp³-hybridized carbons (Fsp3) is 0.182. The second-order valence-corrected chi connectivity index (χ2v) is 3.89. The zero-order valence-corrected chi connectivity index (χ0v) is 8.01. The summed E-state index contributed by atoms with van der Waals surface area (Å²) in [6, 6.07) is 10.1. The van der Waals surface area contributed by atoms with Crippen LogP contribution in [0.1, 0.15) is 12.0 Å². The van der Waals surface area contributed by atoms with Crippen LogP contribution in [0.3, 0.4) is 0 Å². The molecule has 0 spiro atoms. The third kappa shape index (κ3) is 2.01. The molecule has 0 saturated carbocycles. The highest BCUT2D eigenvalue weighted by molar-refractivity contribution is 8.03. The number of carbonyl (C=O) groups excluding carboxylic acids is 1. The van der Waals surface area contributed by atoms with Crippen LogP contribution in [0.5, 0.6) is 0 Å². The van der Waals surface area contributed by atoms with Crippen LogP contribution in [0.2, 0.25) is 0 Å². The average Bonchev–Trinajstić information content (AvgIpc) is 2.19. The average molecular weight is 190 g/mol. The third-order valence-electron chi connectivity index (χ3n) is 2.00. The molecule has 66 valence electrons. The summed E-state index contributed by atoms with van der Waals surface area (Å²) in [6.07, 6.45) is 0.594. The zero-order chi connectivity index (χ0) is 9.10. The molecule has 0 aliphatic carbocycles. The molecule has 0 amide bonds. The van der Waals surface area contributed by atoms with Gasteiger partial charge in [-0.15, -0.1) is 11.8 Å². The summed E-state index contributed by atoms with van der Waals surface area (Å²) in [6.45, 7) is 0. The number of rotatable bonds is 1. The van der Waals surface area contributed by atoms with Crippen molar-refractivity contribution < 1.29 is 4.79 Å². The first-order valence-electron chi connectivity index (χ1n) is 4.24. The van der Waals surface area contributed by atoms with Gasteiger partial charge in [0.15, 0.2) is 0 Å². The fourth-order valence-corrected chi connectivity index (χ4v) is 2.15. The summed E-state index contributed by atoms with van der Waals surface area (Å²) >= 11 is 1.59. The predicted molar refractivity (Wildman–Crippen MR) is 56.5 cm³/mol. The molecule has 1 heterocycles. The first-order chi connectivity index (χ1) is 6.36. The Kier molecular flexibility index (Phi) is 2.50. The number of allylic oxidation sites excluding steroid dienone is 1. The van der Waals surface area contributed by atoms with Gasteiger partial charge in [-0.2, -0.15) is 0 Å². The molecule has 0 unspecified atom stereocenters. The summed E-state index contributed by atoms with van der Waals surface area (Å²) in [5.74, 6) is 0.961. The Morgan fingerprint density at radius 2 is 1.92 bits per heavy atom. The van der Waals surface area contributed by atoms with Crippen LogP contribution in [0.4, 0.5) is 0 Å². The van der Waals surface area contributed by atoms with Gasteiger partial charge in [0.05, 0.1) is 5.75 Å². The molecule has 0 bridgehead atoms. The predicted octanol–water partition coefficient (Wildman–Crippen LogP) is 2.73. The Bertz CT molecular complexity index is 340. The SMILES string of the molecule is O=C1CSC=C(c2ccccc2)C1. The first kappa shape index (κ1) is 8.57. The molecule has 1 aromatic rings. The second kappa shape index (κ2) is 3.79. The van der Waals surface area contributed by atoms with E-state index < -0.39 is 0 Å². The number of benzene rings is 1. The van der Waals surface area contributed by atoms with E-state index in [9.17, 15) is 4.79 Å². The summed E-state index contributed by atoms with van der Waals surface area (Å²) in [4.78, 5) is 11.2. The van der Waals surface area contributed by atoms with Gasteiger partial charge in [-0.3, -0.25) is 4.79 Å². The van der Waals surface area contributed by atoms with E-state index in [0.717, 1.165) is 5.57 Å². The van der Waals surface area contributed by atoms with E-state index in [0.29, 0.717) is 18.0 Å². The summed E-state index contributed by atoms with van der Waals surface area (Å²) < 4.78 is 0. The van der Waals surface area contributed by atoms with Crippen molar-refractivity contribution in [2.75, 3.05) is 5.75 Å². The maximum Gasteiger partial charge on any atom is 0.147 e. The monoisotopic (exact) mass is 190 g/mol. The summed E-state index contributed by atoms with van der Waals surface area (Å²) in [5.41, 5.74) is 2.32. The molecule has 0 saturated heterocycles. The molecular formula is C11H10OS. The van der Waals surface area contributed by atoms with Crippen LogP contribution in [-0.2, 0) is 4.79 Å². The topological polar surface area (TPSA) is 17.1 Å². The van der Waals surface area contributed by atoms with Gasteiger partial charge in [0.1, 0.15) is 5.78 Å². The molecule has 1 aromatic carbocycles. The Balaban J connectivity index is 2.27. The number of Topliss-reactive ketones (excluding diaryl/α,β-unsaturated/α-hetero) is 1. The quantitative estimate of drug-likeness (QED) is 0.677. The van der Waals surface area contributed by atoms with Gasteiger partial charge in [0, 0.05) is 6.42 Å². The van der Waals surface area contributed by atoms with Crippen LogP contribution in [0.25, 0.3) is 5.57 Å². The number of ketones is 1. The fourth-order valence-electron chi connectivity index (χ4n) is 1.36. The van der Waals surface area contributed by atoms with Crippen molar-refractivity contribution in [2.24, 2.45) is 0 Å². The van der Waals surface area contributed by atoms with Crippen molar-refractivity contribution in [3.8, 4) is 0 Å². The molecule has 2 heteroatoms. The van der Waals surface area contributed by atoms with E-state index >= 15 is 0 Å². The van der Waals surface area contributed by atoms with Gasteiger partial charge < -0.3 is 0 Å². The normalized spacial score (nSPS) is 16.9. The van der Waals surface area contributed by atoms with Crippen molar-refractivity contribution in [3.63, 3.8) is 0 Å². The van der Waals surface area contributed by atoms with Gasteiger partial charge in [-0.05, 0) is 16.5 Å². The van der Waals surface area contributed by atoms with E-state index in [-0.39, 0.29) is 0 Å². The lowest BCUT2D eigenvalue weighted by molar-refractivity contribution is -0.115. The van der Waals surface area contributed by atoms with Crippen molar-refractivity contribution in [1.29, 1.82) is 0 Å². The minimum atomic E-state index is 0.325. The molecule has 0 N–H and O–H groups in total. The standard InChI is InChI=1S/C11H10OS/c12-11-6-10(7-13-8-11)9-4-2-1-3-5-9/h1-5,7H,6,8H2. The third-order valence-corrected chi connectivity index (χ3v) is 2.94. The first-order valence-corrected chi connectivity index (χ1v) is 5.29. The maximum atomic E-state index is 11.2. The van der Waals surface area contributed by atoms with E-state index in [1.165, 1.54) is 5.56 Å². The molecule has 1 aliphatic heterocycles. The van der Waals surface area contributed by atoms with Crippen molar-refractivity contribution in [1.82, 2.24) is 0 Å². The molecule has 2 rings (SSSR count). The van der Waals surface area contributed by atoms with E-state index in [1.807, 2.05) is 30.3 Å². The Morgan fingerprint density at radius 1 is 1.15 bits per heavy atom. The molecule has 13 heavy (non-hydrogen) atoms. The molecular weight excluding hydrogens is 180 g/mol. The van der Waals surface area contributed by atoms with Crippen molar-refractivity contribution in [2.45, 2.75) is 6.42 Å². The minimum absolute atomic E-state index is 0.325. The Hall–Kier alpha value is -1.02. The molecule has 0 fully saturated rings. The van der Waals surface area contributed by atoms with E-state index in [1.54, 1.807) is 11.8 Å². The molecule has 0 atom stereocenters. The van der Waals surface area contributed by atoms with Gasteiger partial charge in [0.2, 0.25) is 0 Å². The van der Waals surface area contributed by atoms with Crippen LogP contribution >= 0.6 is 11.8 Å². The lowest BCUT2D eigenvalue weighted by atomic mass is 10.0. The number of thioether (sulfide) groups is 1. The lowest BCUT2D eigenvalue weighted by Crippen LogP contribution is -2.05. The zero-order valence-electron chi connectivity index (χ0n) is 7.19. The highest BCUT2D eigenvalue weighted by Gasteiger charge is 2.12. The second-order valence-electron chi connectivity index (χ2n) is 3.04. The van der Waals surface area contributed by atoms with Crippen LogP contribution in [0, 0.1) is 0 Å². The van der Waals surface area contributed by atoms with E-state index in [2.05, 4.69) is 5.41 Å². The highest BCUT2D eigenvalue weighted by Crippen LogP contribution is 2.26. The van der Waals surface area contributed by atoms with Crippen LogP contribution in [0.15, 0.2) is 35.7 Å². The molecule has 0 aromatic heterocycles. The smallest absolute Gasteiger partial charge is 0.147 e. The molecule has 1 aliphatic rings. The van der Waals surface area contributed by atoms with Gasteiger partial charge >= 0.3 is 0 Å². The van der Waals surface area contributed by atoms with Crippen LogP contribution < -0.4 is 0 Å². The largest absolute Gasteiger partial charge is 0.298 e. The number of carbonyl (C=O) groups is 1. The maximum absolute atomic E-state index is 11.2. The number of hydrogen-bond donors (Lipinski definition) is 0. The molecule has 1 nitrogen and oxygen atoms in total. The highest BCUT2D eigenvalue weighted by atomic mass is 32.2. The van der Waals surface area contributed by atoms with Gasteiger partial charge in [-0.25, -0.2) is 0 Å².